The van der Waals surface area contributed by atoms with Crippen LogP contribution >= 0.6 is 0 Å². The molecule has 0 aliphatic carbocycles. The maximum Gasteiger partial charge on any atom is 0.0994 e. The van der Waals surface area contributed by atoms with Crippen LogP contribution in [-0.4, -0.2) is 42.9 Å². The molecule has 1 atom stereocenters. The number of ether oxygens (including phenoxy) is 1. The average molecular weight is 200 g/mol. The van der Waals surface area contributed by atoms with Crippen molar-refractivity contribution in [1.82, 2.24) is 10.2 Å². The highest BCUT2D eigenvalue weighted by Gasteiger charge is 2.20. The Hall–Kier alpha value is -0.120. The molecule has 84 valence electrons. The molecule has 1 N–H and O–H groups in total. The summed E-state index contributed by atoms with van der Waals surface area (Å²) in [5.41, 5.74) is 0.200. The molecule has 0 aromatic heterocycles. The molecule has 1 fully saturated rings. The van der Waals surface area contributed by atoms with E-state index in [1.54, 1.807) is 0 Å². The largest absolute Gasteiger partial charge is 0.361 e. The van der Waals surface area contributed by atoms with Gasteiger partial charge >= 0.3 is 0 Å². The zero-order chi connectivity index (χ0) is 10.6. The Labute approximate surface area is 87.8 Å². The molecule has 1 rings (SSSR count). The third-order valence-corrected chi connectivity index (χ3v) is 2.57. The van der Waals surface area contributed by atoms with Crippen molar-refractivity contribution in [3.05, 3.63) is 0 Å². The average Bonchev–Trinajstić information content (AvgIpc) is 2.14. The van der Waals surface area contributed by atoms with E-state index in [1.807, 2.05) is 0 Å². The van der Waals surface area contributed by atoms with Gasteiger partial charge < -0.3 is 10.1 Å². The standard InChI is InChI=1S/C11H24N2O/c1-5-13-7-6-10(14-9-13)8-12-11(2,3)4/h10,12H,5-9H2,1-4H3. The SMILES string of the molecule is CCN1CCC(CNC(C)(C)C)OC1. The van der Waals surface area contributed by atoms with Crippen molar-refractivity contribution in [2.75, 3.05) is 26.4 Å². The van der Waals surface area contributed by atoms with Crippen LogP contribution in [-0.2, 0) is 4.74 Å². The molecule has 1 saturated heterocycles. The molecular formula is C11H24N2O. The molecule has 0 spiro atoms. The van der Waals surface area contributed by atoms with Crippen LogP contribution in [0.25, 0.3) is 0 Å². The maximum atomic E-state index is 5.74. The van der Waals surface area contributed by atoms with Gasteiger partial charge in [-0.3, -0.25) is 4.90 Å². The Bertz CT molecular complexity index is 157. The van der Waals surface area contributed by atoms with Crippen LogP contribution in [0.3, 0.4) is 0 Å². The van der Waals surface area contributed by atoms with Crippen molar-refractivity contribution < 1.29 is 4.74 Å². The highest BCUT2D eigenvalue weighted by Crippen LogP contribution is 2.09. The van der Waals surface area contributed by atoms with Crippen molar-refractivity contribution in [2.45, 2.75) is 45.8 Å². The molecule has 0 bridgehead atoms. The molecule has 0 amide bonds. The second-order valence-corrected chi connectivity index (χ2v) is 5.05. The second kappa shape index (κ2) is 5.10. The van der Waals surface area contributed by atoms with Gasteiger partial charge in [-0.05, 0) is 33.7 Å². The van der Waals surface area contributed by atoms with Gasteiger partial charge in [-0.1, -0.05) is 6.92 Å². The zero-order valence-corrected chi connectivity index (χ0v) is 9.97. The number of hydrogen-bond donors (Lipinski definition) is 1. The highest BCUT2D eigenvalue weighted by atomic mass is 16.5. The molecule has 1 aliphatic heterocycles. The van der Waals surface area contributed by atoms with E-state index in [0.29, 0.717) is 6.10 Å². The zero-order valence-electron chi connectivity index (χ0n) is 9.97. The molecule has 3 nitrogen and oxygen atoms in total. The fourth-order valence-corrected chi connectivity index (χ4v) is 1.52. The maximum absolute atomic E-state index is 5.74. The van der Waals surface area contributed by atoms with Crippen molar-refractivity contribution in [2.24, 2.45) is 0 Å². The Kier molecular flexibility index (Phi) is 4.35. The van der Waals surface area contributed by atoms with Crippen LogP contribution in [0.4, 0.5) is 0 Å². The van der Waals surface area contributed by atoms with Gasteiger partial charge in [-0.25, -0.2) is 0 Å². The van der Waals surface area contributed by atoms with Crippen molar-refractivity contribution >= 4 is 0 Å². The van der Waals surface area contributed by atoms with E-state index in [9.17, 15) is 0 Å². The van der Waals surface area contributed by atoms with Crippen LogP contribution in [0.5, 0.6) is 0 Å². The van der Waals surface area contributed by atoms with Crippen LogP contribution in [0, 0.1) is 0 Å². The minimum Gasteiger partial charge on any atom is -0.361 e. The third kappa shape index (κ3) is 4.40. The summed E-state index contributed by atoms with van der Waals surface area (Å²) in [6.07, 6.45) is 1.55. The fraction of sp³-hybridized carbons (Fsp3) is 1.00. The van der Waals surface area contributed by atoms with E-state index in [1.165, 1.54) is 6.54 Å². The van der Waals surface area contributed by atoms with Crippen molar-refractivity contribution in [3.8, 4) is 0 Å². The molecule has 1 aliphatic rings. The van der Waals surface area contributed by atoms with E-state index in [-0.39, 0.29) is 5.54 Å². The van der Waals surface area contributed by atoms with Gasteiger partial charge in [-0.2, -0.15) is 0 Å². The first-order valence-electron chi connectivity index (χ1n) is 5.60. The highest BCUT2D eigenvalue weighted by molar-refractivity contribution is 4.75. The molecule has 14 heavy (non-hydrogen) atoms. The second-order valence-electron chi connectivity index (χ2n) is 5.05. The number of nitrogens with one attached hydrogen (secondary N) is 1. The third-order valence-electron chi connectivity index (χ3n) is 2.57. The summed E-state index contributed by atoms with van der Waals surface area (Å²) in [6.45, 7) is 12.8. The van der Waals surface area contributed by atoms with Gasteiger partial charge in [-0.15, -0.1) is 0 Å². The molecular weight excluding hydrogens is 176 g/mol. The lowest BCUT2D eigenvalue weighted by Gasteiger charge is -2.33. The predicted molar refractivity (Wildman–Crippen MR) is 59.4 cm³/mol. The lowest BCUT2D eigenvalue weighted by atomic mass is 10.1. The molecule has 1 heterocycles. The number of nitrogens with zero attached hydrogens (tertiary/aromatic N) is 1. The van der Waals surface area contributed by atoms with Crippen LogP contribution in [0.1, 0.15) is 34.1 Å². The first-order valence-corrected chi connectivity index (χ1v) is 5.60. The minimum absolute atomic E-state index is 0.200. The van der Waals surface area contributed by atoms with Crippen LogP contribution in [0.15, 0.2) is 0 Å². The summed E-state index contributed by atoms with van der Waals surface area (Å²) < 4.78 is 5.74. The summed E-state index contributed by atoms with van der Waals surface area (Å²) in [4.78, 5) is 2.33. The Morgan fingerprint density at radius 2 is 2.14 bits per heavy atom. The first-order chi connectivity index (χ1) is 6.51. The van der Waals surface area contributed by atoms with E-state index < -0.39 is 0 Å². The smallest absolute Gasteiger partial charge is 0.0994 e. The van der Waals surface area contributed by atoms with E-state index in [0.717, 1.165) is 26.2 Å². The number of hydrogen-bond acceptors (Lipinski definition) is 3. The monoisotopic (exact) mass is 200 g/mol. The predicted octanol–water partition coefficient (Wildman–Crippen LogP) is 1.44. The van der Waals surface area contributed by atoms with E-state index >= 15 is 0 Å². The van der Waals surface area contributed by atoms with Gasteiger partial charge in [0.25, 0.3) is 0 Å². The fourth-order valence-electron chi connectivity index (χ4n) is 1.52. The topological polar surface area (TPSA) is 24.5 Å². The molecule has 0 aromatic rings. The van der Waals surface area contributed by atoms with Crippen molar-refractivity contribution in [3.63, 3.8) is 0 Å². The minimum atomic E-state index is 0.200. The molecule has 1 unspecified atom stereocenters. The van der Waals surface area contributed by atoms with E-state index in [2.05, 4.69) is 37.9 Å². The molecule has 0 radical (unpaired) electrons. The van der Waals surface area contributed by atoms with E-state index in [4.69, 9.17) is 4.74 Å². The van der Waals surface area contributed by atoms with Gasteiger partial charge in [0.1, 0.15) is 0 Å². The molecule has 3 heteroatoms. The van der Waals surface area contributed by atoms with Crippen LogP contribution in [0.2, 0.25) is 0 Å². The quantitative estimate of drug-likeness (QED) is 0.746. The van der Waals surface area contributed by atoms with Crippen molar-refractivity contribution in [1.29, 1.82) is 0 Å². The summed E-state index contributed by atoms with van der Waals surface area (Å²) in [7, 11) is 0. The molecule has 0 aromatic carbocycles. The summed E-state index contributed by atoms with van der Waals surface area (Å²) in [5.74, 6) is 0. The van der Waals surface area contributed by atoms with Gasteiger partial charge in [0.2, 0.25) is 0 Å². The summed E-state index contributed by atoms with van der Waals surface area (Å²) in [6, 6.07) is 0. The summed E-state index contributed by atoms with van der Waals surface area (Å²) in [5, 5.41) is 3.48. The normalized spacial score (nSPS) is 25.3. The van der Waals surface area contributed by atoms with Gasteiger partial charge in [0, 0.05) is 18.6 Å². The molecule has 0 saturated carbocycles. The van der Waals surface area contributed by atoms with Gasteiger partial charge in [0.15, 0.2) is 0 Å². The summed E-state index contributed by atoms with van der Waals surface area (Å²) >= 11 is 0. The van der Waals surface area contributed by atoms with Gasteiger partial charge in [0.05, 0.1) is 12.8 Å². The Balaban J connectivity index is 2.16. The Morgan fingerprint density at radius 3 is 2.57 bits per heavy atom. The van der Waals surface area contributed by atoms with Crippen LogP contribution < -0.4 is 5.32 Å². The Morgan fingerprint density at radius 1 is 1.43 bits per heavy atom. The lowest BCUT2D eigenvalue weighted by molar-refractivity contribution is -0.0662. The lowest BCUT2D eigenvalue weighted by Crippen LogP contribution is -2.46. The number of rotatable bonds is 3. The first kappa shape index (κ1) is 12.0.